The molecule has 0 unspecified atom stereocenters. The lowest BCUT2D eigenvalue weighted by molar-refractivity contribution is 0.178. The summed E-state index contributed by atoms with van der Waals surface area (Å²) in [6, 6.07) is 3.15. The molecular formula is C13H17Cl3N2O. The number of halogens is 3. The molecule has 0 aliphatic heterocycles. The second-order valence-corrected chi connectivity index (χ2v) is 5.97. The van der Waals surface area contributed by atoms with Crippen LogP contribution >= 0.6 is 34.8 Å². The molecule has 0 saturated heterocycles. The molecule has 106 valence electrons. The van der Waals surface area contributed by atoms with Gasteiger partial charge >= 0.3 is 6.03 Å². The van der Waals surface area contributed by atoms with E-state index in [2.05, 4.69) is 5.32 Å². The Kier molecular flexibility index (Phi) is 5.78. The van der Waals surface area contributed by atoms with Crippen molar-refractivity contribution in [3.05, 3.63) is 27.2 Å². The fourth-order valence-corrected chi connectivity index (χ4v) is 2.48. The van der Waals surface area contributed by atoms with E-state index in [1.165, 1.54) is 0 Å². The normalized spacial score (nSPS) is 11.0. The molecule has 19 heavy (non-hydrogen) atoms. The zero-order chi connectivity index (χ0) is 14.7. The highest BCUT2D eigenvalue weighted by atomic mass is 35.5. The Morgan fingerprint density at radius 1 is 1.05 bits per heavy atom. The van der Waals surface area contributed by atoms with Crippen LogP contribution in [-0.4, -0.2) is 23.0 Å². The number of benzene rings is 1. The summed E-state index contributed by atoms with van der Waals surface area (Å²) in [4.78, 5) is 13.9. The monoisotopic (exact) mass is 322 g/mol. The Labute approximate surface area is 128 Å². The second-order valence-electron chi connectivity index (χ2n) is 4.78. The molecule has 2 amide bonds. The number of hydrogen-bond donors (Lipinski definition) is 1. The molecule has 0 heterocycles. The van der Waals surface area contributed by atoms with Gasteiger partial charge < -0.3 is 10.2 Å². The van der Waals surface area contributed by atoms with Gasteiger partial charge in [-0.2, -0.15) is 0 Å². The maximum atomic E-state index is 12.2. The average molecular weight is 324 g/mol. The Bertz CT molecular complexity index is 444. The summed E-state index contributed by atoms with van der Waals surface area (Å²) in [6.07, 6.45) is 0. The third-order valence-electron chi connectivity index (χ3n) is 2.58. The van der Waals surface area contributed by atoms with Crippen molar-refractivity contribution in [3.63, 3.8) is 0 Å². The van der Waals surface area contributed by atoms with Gasteiger partial charge in [0.25, 0.3) is 0 Å². The third kappa shape index (κ3) is 4.16. The minimum absolute atomic E-state index is 0.0956. The van der Waals surface area contributed by atoms with Gasteiger partial charge in [0.15, 0.2) is 0 Å². The molecule has 0 radical (unpaired) electrons. The van der Waals surface area contributed by atoms with Crippen LogP contribution in [0.4, 0.5) is 10.5 Å². The number of carbonyl (C=O) groups is 1. The van der Waals surface area contributed by atoms with E-state index in [-0.39, 0.29) is 23.1 Å². The highest BCUT2D eigenvalue weighted by Crippen LogP contribution is 2.33. The summed E-state index contributed by atoms with van der Waals surface area (Å²) in [6.45, 7) is 7.84. The topological polar surface area (TPSA) is 32.3 Å². The lowest BCUT2D eigenvalue weighted by Crippen LogP contribution is -2.44. The van der Waals surface area contributed by atoms with Gasteiger partial charge in [-0.25, -0.2) is 4.79 Å². The predicted octanol–water partition coefficient (Wildman–Crippen LogP) is 5.30. The van der Waals surface area contributed by atoms with E-state index in [0.717, 1.165) is 0 Å². The molecule has 0 bridgehead atoms. The fourth-order valence-electron chi connectivity index (χ4n) is 1.88. The van der Waals surface area contributed by atoms with Crippen LogP contribution in [0.5, 0.6) is 0 Å². The van der Waals surface area contributed by atoms with Gasteiger partial charge in [-0.3, -0.25) is 0 Å². The second kappa shape index (κ2) is 6.69. The fraction of sp³-hybridized carbons (Fsp3) is 0.462. The van der Waals surface area contributed by atoms with Crippen molar-refractivity contribution in [2.75, 3.05) is 5.32 Å². The molecule has 0 atom stereocenters. The van der Waals surface area contributed by atoms with Gasteiger partial charge in [0, 0.05) is 17.8 Å². The molecule has 0 spiro atoms. The molecule has 0 aliphatic carbocycles. The Hall–Kier alpha value is -0.640. The number of carbonyl (C=O) groups excluding carboxylic acids is 1. The lowest BCUT2D eigenvalue weighted by Gasteiger charge is -2.30. The first kappa shape index (κ1) is 16.4. The molecule has 1 rings (SSSR count). The van der Waals surface area contributed by atoms with Crippen molar-refractivity contribution in [1.29, 1.82) is 0 Å². The largest absolute Gasteiger partial charge is 0.322 e. The number of anilines is 1. The van der Waals surface area contributed by atoms with Crippen LogP contribution in [0.2, 0.25) is 15.1 Å². The van der Waals surface area contributed by atoms with Crippen molar-refractivity contribution < 1.29 is 4.79 Å². The first-order valence-corrected chi connectivity index (χ1v) is 7.11. The highest BCUT2D eigenvalue weighted by Gasteiger charge is 2.20. The van der Waals surface area contributed by atoms with E-state index in [0.29, 0.717) is 15.7 Å². The van der Waals surface area contributed by atoms with E-state index in [4.69, 9.17) is 34.8 Å². The molecule has 0 saturated carbocycles. The summed E-state index contributed by atoms with van der Waals surface area (Å²) < 4.78 is 0. The summed E-state index contributed by atoms with van der Waals surface area (Å²) in [5.41, 5.74) is 0.524. The summed E-state index contributed by atoms with van der Waals surface area (Å²) >= 11 is 17.7. The van der Waals surface area contributed by atoms with Gasteiger partial charge in [-0.05, 0) is 39.8 Å². The van der Waals surface area contributed by atoms with Crippen LogP contribution in [0.15, 0.2) is 12.1 Å². The van der Waals surface area contributed by atoms with E-state index < -0.39 is 0 Å². The zero-order valence-corrected chi connectivity index (χ0v) is 13.6. The number of nitrogens with one attached hydrogen (secondary N) is 1. The van der Waals surface area contributed by atoms with Crippen LogP contribution in [0.25, 0.3) is 0 Å². The minimum Gasteiger partial charge on any atom is -0.320 e. The van der Waals surface area contributed by atoms with E-state index in [9.17, 15) is 4.79 Å². The van der Waals surface area contributed by atoms with Crippen molar-refractivity contribution in [3.8, 4) is 0 Å². The Morgan fingerprint density at radius 3 is 1.84 bits per heavy atom. The molecule has 1 N–H and O–H groups in total. The summed E-state index contributed by atoms with van der Waals surface area (Å²) in [7, 11) is 0. The first-order chi connectivity index (χ1) is 8.73. The van der Waals surface area contributed by atoms with Crippen molar-refractivity contribution in [2.24, 2.45) is 0 Å². The van der Waals surface area contributed by atoms with Gasteiger partial charge in [0.05, 0.1) is 15.1 Å². The SMILES string of the molecule is CC(C)N(C(=O)Nc1cc(Cl)c(Cl)c(Cl)c1)C(C)C. The summed E-state index contributed by atoms with van der Waals surface area (Å²) in [5.74, 6) is 0. The molecular weight excluding hydrogens is 307 g/mol. The molecule has 1 aromatic carbocycles. The molecule has 3 nitrogen and oxygen atoms in total. The van der Waals surface area contributed by atoms with Crippen LogP contribution in [0.3, 0.4) is 0 Å². The zero-order valence-electron chi connectivity index (χ0n) is 11.3. The van der Waals surface area contributed by atoms with Gasteiger partial charge in [0.2, 0.25) is 0 Å². The van der Waals surface area contributed by atoms with Crippen molar-refractivity contribution in [1.82, 2.24) is 4.90 Å². The van der Waals surface area contributed by atoms with Crippen molar-refractivity contribution in [2.45, 2.75) is 39.8 Å². The smallest absolute Gasteiger partial charge is 0.320 e. The first-order valence-electron chi connectivity index (χ1n) is 5.98. The molecule has 0 fully saturated rings. The number of amides is 2. The Morgan fingerprint density at radius 2 is 1.47 bits per heavy atom. The Balaban J connectivity index is 2.93. The number of urea groups is 1. The maximum Gasteiger partial charge on any atom is 0.322 e. The number of nitrogens with zero attached hydrogens (tertiary/aromatic N) is 1. The molecule has 0 aromatic heterocycles. The molecule has 6 heteroatoms. The van der Waals surface area contributed by atoms with Crippen LogP contribution in [0, 0.1) is 0 Å². The minimum atomic E-state index is -0.195. The van der Waals surface area contributed by atoms with Gasteiger partial charge in [-0.15, -0.1) is 0 Å². The quantitative estimate of drug-likeness (QED) is 0.752. The standard InChI is InChI=1S/C13H17Cl3N2O/c1-7(2)18(8(3)4)13(19)17-9-5-10(14)12(16)11(15)6-9/h5-8H,1-4H3,(H,17,19). The van der Waals surface area contributed by atoms with E-state index in [1.54, 1.807) is 17.0 Å². The predicted molar refractivity (Wildman–Crippen MR) is 82.6 cm³/mol. The molecule has 0 aliphatic rings. The average Bonchev–Trinajstić information content (AvgIpc) is 2.24. The highest BCUT2D eigenvalue weighted by molar-refractivity contribution is 6.48. The molecule has 1 aromatic rings. The third-order valence-corrected chi connectivity index (χ3v) is 3.78. The van der Waals surface area contributed by atoms with Crippen LogP contribution in [-0.2, 0) is 0 Å². The van der Waals surface area contributed by atoms with Gasteiger partial charge in [-0.1, -0.05) is 34.8 Å². The van der Waals surface area contributed by atoms with E-state index in [1.807, 2.05) is 27.7 Å². The maximum absolute atomic E-state index is 12.2. The number of hydrogen-bond acceptors (Lipinski definition) is 1. The lowest BCUT2D eigenvalue weighted by atomic mass is 10.2. The van der Waals surface area contributed by atoms with Crippen LogP contribution < -0.4 is 5.32 Å². The number of rotatable bonds is 3. The van der Waals surface area contributed by atoms with E-state index >= 15 is 0 Å². The summed E-state index contributed by atoms with van der Waals surface area (Å²) in [5, 5.41) is 3.68. The van der Waals surface area contributed by atoms with Crippen molar-refractivity contribution >= 4 is 46.5 Å². The van der Waals surface area contributed by atoms with Gasteiger partial charge in [0.1, 0.15) is 0 Å². The van der Waals surface area contributed by atoms with Crippen LogP contribution in [0.1, 0.15) is 27.7 Å².